The Bertz CT molecular complexity index is 798. The summed E-state index contributed by atoms with van der Waals surface area (Å²) in [5, 5.41) is 3.74. The van der Waals surface area contributed by atoms with Gasteiger partial charge in [-0.3, -0.25) is 9.59 Å². The van der Waals surface area contributed by atoms with Gasteiger partial charge >= 0.3 is 0 Å². The molecule has 148 valence electrons. The van der Waals surface area contributed by atoms with E-state index >= 15 is 0 Å². The highest BCUT2D eigenvalue weighted by molar-refractivity contribution is 6.30. The Hall–Kier alpha value is -2.53. The second kappa shape index (κ2) is 9.60. The molecule has 1 saturated heterocycles. The number of amides is 2. The molecule has 0 unspecified atom stereocenters. The topological polar surface area (TPSA) is 58.6 Å². The predicted octanol–water partition coefficient (Wildman–Crippen LogP) is 3.70. The summed E-state index contributed by atoms with van der Waals surface area (Å²) < 4.78 is 5.40. The zero-order valence-electron chi connectivity index (χ0n) is 16.0. The first-order valence-corrected chi connectivity index (χ1v) is 9.99. The van der Waals surface area contributed by atoms with Gasteiger partial charge in [-0.2, -0.15) is 0 Å². The van der Waals surface area contributed by atoms with Crippen LogP contribution >= 0.6 is 11.6 Å². The smallest absolute Gasteiger partial charge is 0.251 e. The van der Waals surface area contributed by atoms with Gasteiger partial charge in [0.25, 0.3) is 5.91 Å². The summed E-state index contributed by atoms with van der Waals surface area (Å²) in [7, 11) is 0. The molecule has 3 rings (SSSR count). The third kappa shape index (κ3) is 5.49. The Morgan fingerprint density at radius 3 is 2.32 bits per heavy atom. The number of carbonyl (C=O) groups excluding carboxylic acids is 2. The van der Waals surface area contributed by atoms with Crippen LogP contribution in [0.1, 0.15) is 35.7 Å². The molecule has 0 spiro atoms. The molecule has 6 heteroatoms. The number of ether oxygens (including phenoxy) is 1. The minimum atomic E-state index is -0.0889. The van der Waals surface area contributed by atoms with Gasteiger partial charge < -0.3 is 15.0 Å². The second-order valence-corrected chi connectivity index (χ2v) is 7.33. The largest absolute Gasteiger partial charge is 0.494 e. The van der Waals surface area contributed by atoms with Gasteiger partial charge in [0.15, 0.2) is 0 Å². The Morgan fingerprint density at radius 1 is 1.07 bits per heavy atom. The van der Waals surface area contributed by atoms with Crippen molar-refractivity contribution in [3.63, 3.8) is 0 Å². The lowest BCUT2D eigenvalue weighted by atomic mass is 10.0. The van der Waals surface area contributed by atoms with Crippen molar-refractivity contribution in [2.75, 3.05) is 19.7 Å². The van der Waals surface area contributed by atoms with E-state index in [1.807, 2.05) is 24.0 Å². The molecular formula is C22H25ClN2O3. The number of piperidine rings is 1. The van der Waals surface area contributed by atoms with E-state index in [-0.39, 0.29) is 17.9 Å². The molecular weight excluding hydrogens is 376 g/mol. The van der Waals surface area contributed by atoms with Crippen molar-refractivity contribution < 1.29 is 14.3 Å². The maximum absolute atomic E-state index is 12.5. The molecule has 1 aliphatic heterocycles. The van der Waals surface area contributed by atoms with Gasteiger partial charge in [0, 0.05) is 29.7 Å². The van der Waals surface area contributed by atoms with E-state index in [0.717, 1.165) is 24.2 Å². The van der Waals surface area contributed by atoms with E-state index in [1.165, 1.54) is 0 Å². The number of carbonyl (C=O) groups is 2. The summed E-state index contributed by atoms with van der Waals surface area (Å²) in [4.78, 5) is 26.8. The summed E-state index contributed by atoms with van der Waals surface area (Å²) >= 11 is 5.88. The summed E-state index contributed by atoms with van der Waals surface area (Å²) in [5.41, 5.74) is 1.57. The lowest BCUT2D eigenvalue weighted by Gasteiger charge is -2.32. The Morgan fingerprint density at radius 2 is 1.71 bits per heavy atom. The number of hydrogen-bond acceptors (Lipinski definition) is 3. The van der Waals surface area contributed by atoms with Gasteiger partial charge in [0.05, 0.1) is 13.0 Å². The highest BCUT2D eigenvalue weighted by atomic mass is 35.5. The van der Waals surface area contributed by atoms with E-state index in [0.29, 0.717) is 36.7 Å². The van der Waals surface area contributed by atoms with Gasteiger partial charge in [-0.25, -0.2) is 0 Å². The van der Waals surface area contributed by atoms with Crippen molar-refractivity contribution in [2.45, 2.75) is 32.2 Å². The molecule has 0 aromatic heterocycles. The first kappa shape index (κ1) is 20.2. The fraction of sp³-hybridized carbons (Fsp3) is 0.364. The molecule has 0 bridgehead atoms. The SMILES string of the molecule is CCOc1ccc(C(=O)NC2CCN(C(=O)Cc3ccc(Cl)cc3)CC2)cc1. The molecule has 1 N–H and O–H groups in total. The number of rotatable bonds is 6. The number of nitrogens with zero attached hydrogens (tertiary/aromatic N) is 1. The van der Waals surface area contributed by atoms with Crippen LogP contribution in [0.5, 0.6) is 5.75 Å². The molecule has 0 atom stereocenters. The molecule has 1 heterocycles. The van der Waals surface area contributed by atoms with Crippen LogP contribution in [-0.2, 0) is 11.2 Å². The maximum Gasteiger partial charge on any atom is 0.251 e. The predicted molar refractivity (Wildman–Crippen MR) is 110 cm³/mol. The lowest BCUT2D eigenvalue weighted by Crippen LogP contribution is -2.46. The van der Waals surface area contributed by atoms with Crippen molar-refractivity contribution in [3.05, 3.63) is 64.7 Å². The first-order valence-electron chi connectivity index (χ1n) is 9.61. The van der Waals surface area contributed by atoms with Crippen molar-refractivity contribution in [3.8, 4) is 5.75 Å². The lowest BCUT2D eigenvalue weighted by molar-refractivity contribution is -0.131. The molecule has 28 heavy (non-hydrogen) atoms. The van der Waals surface area contributed by atoms with E-state index in [9.17, 15) is 9.59 Å². The van der Waals surface area contributed by atoms with E-state index in [2.05, 4.69) is 5.32 Å². The Labute approximate surface area is 170 Å². The second-order valence-electron chi connectivity index (χ2n) is 6.89. The zero-order chi connectivity index (χ0) is 19.9. The van der Waals surface area contributed by atoms with Crippen LogP contribution < -0.4 is 10.1 Å². The average Bonchev–Trinajstić information content (AvgIpc) is 2.71. The minimum absolute atomic E-state index is 0.0821. The zero-order valence-corrected chi connectivity index (χ0v) is 16.7. The molecule has 2 amide bonds. The Kier molecular flexibility index (Phi) is 6.93. The standard InChI is InChI=1S/C22H25ClN2O3/c1-2-28-20-9-5-17(6-10-20)22(27)24-19-11-13-25(14-12-19)21(26)15-16-3-7-18(23)8-4-16/h3-10,19H,2,11-15H2,1H3,(H,24,27). The fourth-order valence-electron chi connectivity index (χ4n) is 3.30. The van der Waals surface area contributed by atoms with E-state index < -0.39 is 0 Å². The highest BCUT2D eigenvalue weighted by Crippen LogP contribution is 2.16. The van der Waals surface area contributed by atoms with E-state index in [4.69, 9.17) is 16.3 Å². The van der Waals surface area contributed by atoms with Gasteiger partial charge in [-0.1, -0.05) is 23.7 Å². The molecule has 0 saturated carbocycles. The number of benzene rings is 2. The monoisotopic (exact) mass is 400 g/mol. The normalized spacial score (nSPS) is 14.6. The first-order chi connectivity index (χ1) is 13.5. The van der Waals surface area contributed by atoms with Crippen LogP contribution in [0.25, 0.3) is 0 Å². The van der Waals surface area contributed by atoms with Crippen LogP contribution in [0, 0.1) is 0 Å². The number of hydrogen-bond donors (Lipinski definition) is 1. The highest BCUT2D eigenvalue weighted by Gasteiger charge is 2.24. The minimum Gasteiger partial charge on any atom is -0.494 e. The third-order valence-corrected chi connectivity index (χ3v) is 5.13. The average molecular weight is 401 g/mol. The van der Waals surface area contributed by atoms with Crippen LogP contribution in [0.15, 0.2) is 48.5 Å². The molecule has 0 radical (unpaired) electrons. The maximum atomic E-state index is 12.5. The molecule has 1 fully saturated rings. The van der Waals surface area contributed by atoms with Crippen molar-refractivity contribution in [1.29, 1.82) is 0 Å². The Balaban J connectivity index is 1.46. The summed E-state index contributed by atoms with van der Waals surface area (Å²) in [6.07, 6.45) is 1.89. The molecule has 2 aromatic carbocycles. The number of halogens is 1. The van der Waals surface area contributed by atoms with Gasteiger partial charge in [-0.15, -0.1) is 0 Å². The van der Waals surface area contributed by atoms with Crippen molar-refractivity contribution in [2.24, 2.45) is 0 Å². The van der Waals surface area contributed by atoms with Crippen molar-refractivity contribution >= 4 is 23.4 Å². The van der Waals surface area contributed by atoms with Crippen LogP contribution in [0.4, 0.5) is 0 Å². The van der Waals surface area contributed by atoms with Crippen LogP contribution in [-0.4, -0.2) is 42.5 Å². The van der Waals surface area contributed by atoms with Gasteiger partial charge in [-0.05, 0) is 61.7 Å². The molecule has 1 aliphatic rings. The van der Waals surface area contributed by atoms with Crippen LogP contribution in [0.3, 0.4) is 0 Å². The number of nitrogens with one attached hydrogen (secondary N) is 1. The van der Waals surface area contributed by atoms with E-state index in [1.54, 1.807) is 36.4 Å². The third-order valence-electron chi connectivity index (χ3n) is 4.88. The molecule has 5 nitrogen and oxygen atoms in total. The molecule has 2 aromatic rings. The quantitative estimate of drug-likeness (QED) is 0.804. The van der Waals surface area contributed by atoms with Gasteiger partial charge in [0.2, 0.25) is 5.91 Å². The summed E-state index contributed by atoms with van der Waals surface area (Å²) in [6, 6.07) is 14.6. The van der Waals surface area contributed by atoms with Crippen LogP contribution in [0.2, 0.25) is 5.02 Å². The summed E-state index contributed by atoms with van der Waals surface area (Å²) in [6.45, 7) is 3.83. The molecule has 0 aliphatic carbocycles. The summed E-state index contributed by atoms with van der Waals surface area (Å²) in [5.74, 6) is 0.777. The van der Waals surface area contributed by atoms with Gasteiger partial charge in [0.1, 0.15) is 5.75 Å². The number of likely N-dealkylation sites (tertiary alicyclic amines) is 1. The fourth-order valence-corrected chi connectivity index (χ4v) is 3.43. The van der Waals surface area contributed by atoms with Crippen molar-refractivity contribution in [1.82, 2.24) is 10.2 Å².